The molecule has 0 aliphatic heterocycles. The summed E-state index contributed by atoms with van der Waals surface area (Å²) in [6.07, 6.45) is 0. The van der Waals surface area contributed by atoms with E-state index in [-0.39, 0.29) is 10.2 Å². The van der Waals surface area contributed by atoms with Crippen molar-refractivity contribution in [3.63, 3.8) is 0 Å². The van der Waals surface area contributed by atoms with Crippen LogP contribution in [0.4, 0.5) is 0 Å². The first kappa shape index (κ1) is 15.5. The van der Waals surface area contributed by atoms with Crippen LogP contribution in [0.5, 0.6) is 0 Å². The summed E-state index contributed by atoms with van der Waals surface area (Å²) >= 11 is 8.45. The Hall–Kier alpha value is 1.000. The number of rotatable bonds is 2. The predicted octanol–water partition coefficient (Wildman–Crippen LogP) is 3.24. The molecule has 6 heteroatoms. The molecule has 0 aromatic rings. The molecule has 0 saturated carbocycles. The minimum absolute atomic E-state index is 0.0590. The topological polar surface area (TPSA) is 34.1 Å². The van der Waals surface area contributed by atoms with Crippen molar-refractivity contribution < 1.29 is 9.59 Å². The van der Waals surface area contributed by atoms with Gasteiger partial charge in [0.05, 0.1) is 9.32 Å². The van der Waals surface area contributed by atoms with Gasteiger partial charge in [0.2, 0.25) is 0 Å². The van der Waals surface area contributed by atoms with Crippen LogP contribution in [-0.4, -0.2) is 19.6 Å². The molecule has 0 aromatic heterocycles. The molecular formula is C6H10Br2O2S2. The van der Waals surface area contributed by atoms with Gasteiger partial charge in [-0.2, -0.15) is 0 Å². The Balaban J connectivity index is 0. The second-order valence-electron chi connectivity index (χ2n) is 1.49. The van der Waals surface area contributed by atoms with E-state index in [0.717, 1.165) is 27.8 Å². The third kappa shape index (κ3) is 22.4. The molecule has 0 aliphatic rings. The van der Waals surface area contributed by atoms with Gasteiger partial charge >= 0.3 is 0 Å². The third-order valence-corrected chi connectivity index (χ3v) is 2.28. The second kappa shape index (κ2) is 12.0. The first-order valence-electron chi connectivity index (χ1n) is 2.93. The van der Waals surface area contributed by atoms with Gasteiger partial charge in [0.1, 0.15) is 0 Å². The van der Waals surface area contributed by atoms with Gasteiger partial charge in [-0.15, -0.1) is 0 Å². The highest BCUT2D eigenvalue weighted by Gasteiger charge is 1.96. The zero-order chi connectivity index (χ0) is 9.98. The smallest absolute Gasteiger partial charge is 0.186 e. The number of hydrogen-bond donors (Lipinski definition) is 0. The Morgan fingerprint density at radius 3 is 1.50 bits per heavy atom. The van der Waals surface area contributed by atoms with Gasteiger partial charge in [-0.25, -0.2) is 0 Å². The number of hydrogen-bond acceptors (Lipinski definition) is 4. The van der Waals surface area contributed by atoms with Gasteiger partial charge in [0.15, 0.2) is 10.2 Å². The Morgan fingerprint density at radius 1 is 1.08 bits per heavy atom. The lowest BCUT2D eigenvalue weighted by molar-refractivity contribution is -0.109. The largest absolute Gasteiger partial charge is 0.288 e. The van der Waals surface area contributed by atoms with Gasteiger partial charge in [-0.1, -0.05) is 55.4 Å². The van der Waals surface area contributed by atoms with Crippen molar-refractivity contribution in [1.82, 2.24) is 0 Å². The molecule has 0 atom stereocenters. The zero-order valence-electron chi connectivity index (χ0n) is 6.80. The summed E-state index contributed by atoms with van der Waals surface area (Å²) in [7, 11) is 0. The number of carbonyl (C=O) groups excluding carboxylic acids is 2. The van der Waals surface area contributed by atoms with Crippen molar-refractivity contribution >= 4 is 65.6 Å². The van der Waals surface area contributed by atoms with Crippen molar-refractivity contribution in [2.75, 3.05) is 9.32 Å². The normalized spacial score (nSPS) is 8.33. The van der Waals surface area contributed by atoms with E-state index in [1.165, 1.54) is 13.8 Å². The van der Waals surface area contributed by atoms with Crippen molar-refractivity contribution in [1.29, 1.82) is 0 Å². The van der Waals surface area contributed by atoms with Crippen LogP contribution in [0.3, 0.4) is 0 Å². The predicted molar refractivity (Wildman–Crippen MR) is 64.1 cm³/mol. The third-order valence-electron chi connectivity index (χ3n) is 0.524. The molecule has 12 heavy (non-hydrogen) atoms. The van der Waals surface area contributed by atoms with Gasteiger partial charge in [-0.3, -0.25) is 9.59 Å². The lowest BCUT2D eigenvalue weighted by Gasteiger charge is -1.90. The van der Waals surface area contributed by atoms with Crippen LogP contribution in [0, 0.1) is 0 Å². The van der Waals surface area contributed by atoms with Crippen LogP contribution in [0.2, 0.25) is 0 Å². The Bertz CT molecular complexity index is 128. The maximum absolute atomic E-state index is 10.3. The van der Waals surface area contributed by atoms with Crippen LogP contribution in [-0.2, 0) is 9.59 Å². The van der Waals surface area contributed by atoms with E-state index in [9.17, 15) is 9.59 Å². The SMILES string of the molecule is BrCBr.CC(=O)SCSC(C)=O. The first-order valence-corrected chi connectivity index (χ1v) is 7.14. The molecule has 0 unspecified atom stereocenters. The number of thioether (sulfide) groups is 2. The fourth-order valence-electron chi connectivity index (χ4n) is 0.195. The van der Waals surface area contributed by atoms with Crippen LogP contribution >= 0.6 is 55.4 Å². The Kier molecular flexibility index (Phi) is 15.5. The van der Waals surface area contributed by atoms with Crippen LogP contribution in [0.15, 0.2) is 0 Å². The summed E-state index contributed by atoms with van der Waals surface area (Å²) in [4.78, 5) is 20.5. The standard InChI is InChI=1S/C5H8O2S2.CH2Br2/c1-4(6)8-3-9-5(2)7;2-1-3/h3H2,1-2H3;1H2. The summed E-state index contributed by atoms with van der Waals surface area (Å²) in [6, 6.07) is 0. The van der Waals surface area contributed by atoms with Crippen LogP contribution < -0.4 is 0 Å². The number of carbonyl (C=O) groups is 2. The molecule has 0 amide bonds. The average molecular weight is 338 g/mol. The molecule has 0 bridgehead atoms. The Morgan fingerprint density at radius 2 is 1.33 bits per heavy atom. The van der Waals surface area contributed by atoms with Crippen molar-refractivity contribution in [2.45, 2.75) is 13.8 Å². The molecule has 0 aliphatic carbocycles. The zero-order valence-corrected chi connectivity index (χ0v) is 11.6. The van der Waals surface area contributed by atoms with E-state index < -0.39 is 0 Å². The molecular weight excluding hydrogens is 328 g/mol. The molecule has 2 nitrogen and oxygen atoms in total. The van der Waals surface area contributed by atoms with Crippen LogP contribution in [0.1, 0.15) is 13.8 Å². The molecule has 0 radical (unpaired) electrons. The molecule has 0 spiro atoms. The summed E-state index contributed by atoms with van der Waals surface area (Å²) in [6.45, 7) is 2.98. The van der Waals surface area contributed by atoms with Crippen molar-refractivity contribution in [3.8, 4) is 0 Å². The molecule has 0 rings (SSSR count). The van der Waals surface area contributed by atoms with E-state index in [0.29, 0.717) is 5.08 Å². The minimum atomic E-state index is 0.0590. The molecule has 0 saturated heterocycles. The van der Waals surface area contributed by atoms with Gasteiger partial charge in [0, 0.05) is 13.8 Å². The Labute approximate surface area is 97.9 Å². The number of halogens is 2. The quantitative estimate of drug-likeness (QED) is 0.572. The van der Waals surface area contributed by atoms with Crippen LogP contribution in [0.25, 0.3) is 0 Å². The fraction of sp³-hybridized carbons (Fsp3) is 0.667. The molecule has 0 N–H and O–H groups in total. The molecule has 0 heterocycles. The van der Waals surface area contributed by atoms with Crippen molar-refractivity contribution in [2.24, 2.45) is 0 Å². The minimum Gasteiger partial charge on any atom is -0.288 e. The summed E-state index contributed by atoms with van der Waals surface area (Å²) in [5.74, 6) is 0. The highest BCUT2D eigenvalue weighted by atomic mass is 79.9. The van der Waals surface area contributed by atoms with Gasteiger partial charge in [-0.05, 0) is 0 Å². The summed E-state index contributed by atoms with van der Waals surface area (Å²) in [5, 5.41) is 0.664. The van der Waals surface area contributed by atoms with E-state index in [1.807, 2.05) is 0 Å². The second-order valence-corrected chi connectivity index (χ2v) is 6.79. The maximum Gasteiger partial charge on any atom is 0.186 e. The van der Waals surface area contributed by atoms with E-state index in [2.05, 4.69) is 31.9 Å². The first-order chi connectivity index (χ1) is 5.54. The highest BCUT2D eigenvalue weighted by molar-refractivity contribution is 9.24. The lowest BCUT2D eigenvalue weighted by atomic mass is 10.9. The van der Waals surface area contributed by atoms with E-state index in [4.69, 9.17) is 0 Å². The van der Waals surface area contributed by atoms with E-state index in [1.54, 1.807) is 0 Å². The summed E-state index contributed by atoms with van der Waals surface area (Å²) in [5.41, 5.74) is 0. The fourth-order valence-corrected chi connectivity index (χ4v) is 1.76. The van der Waals surface area contributed by atoms with E-state index >= 15 is 0 Å². The van der Waals surface area contributed by atoms with Gasteiger partial charge in [0.25, 0.3) is 0 Å². The molecule has 0 fully saturated rings. The van der Waals surface area contributed by atoms with Crippen molar-refractivity contribution in [3.05, 3.63) is 0 Å². The average Bonchev–Trinajstić information content (AvgIpc) is 1.87. The van der Waals surface area contributed by atoms with Gasteiger partial charge < -0.3 is 0 Å². The monoisotopic (exact) mass is 336 g/mol. The lowest BCUT2D eigenvalue weighted by Crippen LogP contribution is -1.85. The highest BCUT2D eigenvalue weighted by Crippen LogP contribution is 2.12. The molecule has 72 valence electrons. The number of alkyl halides is 2. The summed E-state index contributed by atoms with van der Waals surface area (Å²) < 4.78 is 0.875. The molecule has 0 aromatic carbocycles. The maximum atomic E-state index is 10.3.